The van der Waals surface area contributed by atoms with Gasteiger partial charge in [-0.2, -0.15) is 0 Å². The fourth-order valence-corrected chi connectivity index (χ4v) is 2.35. The van der Waals surface area contributed by atoms with Crippen molar-refractivity contribution in [1.82, 2.24) is 10.6 Å². The van der Waals surface area contributed by atoms with E-state index < -0.39 is 0 Å². The smallest absolute Gasteiger partial charge is 0.251 e. The van der Waals surface area contributed by atoms with Crippen molar-refractivity contribution >= 4 is 28.9 Å². The van der Waals surface area contributed by atoms with Crippen LogP contribution in [-0.2, 0) is 4.79 Å². The highest BCUT2D eigenvalue weighted by Crippen LogP contribution is 2.19. The lowest BCUT2D eigenvalue weighted by atomic mass is 10.2. The maximum absolute atomic E-state index is 11.8. The first kappa shape index (κ1) is 16.5. The minimum absolute atomic E-state index is 0.160. The number of hydrogen-bond acceptors (Lipinski definition) is 3. The fourth-order valence-electron chi connectivity index (χ4n) is 2.35. The van der Waals surface area contributed by atoms with Crippen LogP contribution in [-0.4, -0.2) is 24.9 Å². The Kier molecular flexibility index (Phi) is 5.26. The van der Waals surface area contributed by atoms with Crippen molar-refractivity contribution in [3.63, 3.8) is 0 Å². The van der Waals surface area contributed by atoms with Crippen molar-refractivity contribution in [2.75, 3.05) is 13.1 Å². The van der Waals surface area contributed by atoms with Crippen LogP contribution in [0.15, 0.2) is 71.2 Å². The molecule has 126 valence electrons. The fraction of sp³-hybridized carbons (Fsp3) is 0.100. The minimum Gasteiger partial charge on any atom is -0.457 e. The number of carbonyl (C=O) groups is 2. The molecule has 2 N–H and O–H groups in total. The molecule has 2 amide bonds. The molecule has 5 heteroatoms. The average Bonchev–Trinajstić information content (AvgIpc) is 3.07. The third kappa shape index (κ3) is 4.57. The SMILES string of the molecule is O=C(/C=C/c1cc2ccccc2o1)NCCNC(=O)c1ccccc1. The Morgan fingerprint density at radius 2 is 1.64 bits per heavy atom. The average molecular weight is 334 g/mol. The van der Waals surface area contributed by atoms with E-state index in [1.54, 1.807) is 30.3 Å². The number of fused-ring (bicyclic) bond motifs is 1. The first-order chi connectivity index (χ1) is 12.2. The number of benzene rings is 2. The van der Waals surface area contributed by atoms with E-state index in [0.717, 1.165) is 11.0 Å². The number of rotatable bonds is 6. The molecule has 2 aromatic carbocycles. The van der Waals surface area contributed by atoms with Crippen molar-refractivity contribution in [1.29, 1.82) is 0 Å². The molecule has 25 heavy (non-hydrogen) atoms. The lowest BCUT2D eigenvalue weighted by Crippen LogP contribution is -2.33. The van der Waals surface area contributed by atoms with Gasteiger partial charge in [-0.3, -0.25) is 9.59 Å². The number of para-hydroxylation sites is 1. The Morgan fingerprint density at radius 3 is 2.44 bits per heavy atom. The van der Waals surface area contributed by atoms with Gasteiger partial charge in [-0.05, 0) is 30.3 Å². The first-order valence-corrected chi connectivity index (χ1v) is 8.00. The predicted octanol–water partition coefficient (Wildman–Crippen LogP) is 2.99. The van der Waals surface area contributed by atoms with Gasteiger partial charge in [0.1, 0.15) is 11.3 Å². The molecule has 1 aromatic heterocycles. The van der Waals surface area contributed by atoms with Gasteiger partial charge in [0.2, 0.25) is 5.91 Å². The topological polar surface area (TPSA) is 71.3 Å². The largest absolute Gasteiger partial charge is 0.457 e. The third-order valence-electron chi connectivity index (χ3n) is 3.59. The Labute approximate surface area is 145 Å². The molecule has 0 bridgehead atoms. The molecule has 0 aliphatic carbocycles. The van der Waals surface area contributed by atoms with Crippen LogP contribution in [0.1, 0.15) is 16.1 Å². The molecule has 0 saturated heterocycles. The van der Waals surface area contributed by atoms with Gasteiger partial charge in [0.05, 0.1) is 0 Å². The van der Waals surface area contributed by atoms with E-state index in [1.807, 2.05) is 36.4 Å². The van der Waals surface area contributed by atoms with Crippen LogP contribution in [0.2, 0.25) is 0 Å². The second-order valence-electron chi connectivity index (χ2n) is 5.43. The molecule has 0 saturated carbocycles. The summed E-state index contributed by atoms with van der Waals surface area (Å²) in [5.41, 5.74) is 1.38. The number of nitrogens with one attached hydrogen (secondary N) is 2. The Hall–Kier alpha value is -3.34. The van der Waals surface area contributed by atoms with E-state index in [4.69, 9.17) is 4.42 Å². The van der Waals surface area contributed by atoms with Gasteiger partial charge in [0, 0.05) is 30.1 Å². The van der Waals surface area contributed by atoms with Crippen LogP contribution in [0.5, 0.6) is 0 Å². The molecule has 0 radical (unpaired) electrons. The molecule has 3 aromatic rings. The van der Waals surface area contributed by atoms with Gasteiger partial charge in [0.25, 0.3) is 5.91 Å². The molecule has 3 rings (SSSR count). The normalized spacial score (nSPS) is 10.9. The number of furan rings is 1. The lowest BCUT2D eigenvalue weighted by Gasteiger charge is -2.05. The van der Waals surface area contributed by atoms with Crippen LogP contribution in [0.4, 0.5) is 0 Å². The molecule has 0 spiro atoms. The number of carbonyl (C=O) groups excluding carboxylic acids is 2. The monoisotopic (exact) mass is 334 g/mol. The van der Waals surface area contributed by atoms with E-state index in [9.17, 15) is 9.59 Å². The molecular weight excluding hydrogens is 316 g/mol. The summed E-state index contributed by atoms with van der Waals surface area (Å²) in [7, 11) is 0. The van der Waals surface area contributed by atoms with E-state index in [1.165, 1.54) is 6.08 Å². The summed E-state index contributed by atoms with van der Waals surface area (Å²) >= 11 is 0. The van der Waals surface area contributed by atoms with Gasteiger partial charge in [0.15, 0.2) is 0 Å². The van der Waals surface area contributed by atoms with Crippen molar-refractivity contribution in [3.8, 4) is 0 Å². The summed E-state index contributed by atoms with van der Waals surface area (Å²) in [5, 5.41) is 6.45. The molecule has 1 heterocycles. The standard InChI is InChI=1S/C20H18N2O3/c23-19(11-10-17-14-16-8-4-5-9-18(16)25-17)21-12-13-22-20(24)15-6-2-1-3-7-15/h1-11,14H,12-13H2,(H,21,23)(H,22,24)/b11-10+. The van der Waals surface area contributed by atoms with E-state index in [2.05, 4.69) is 10.6 Å². The summed E-state index contributed by atoms with van der Waals surface area (Å²) in [6.07, 6.45) is 3.04. The summed E-state index contributed by atoms with van der Waals surface area (Å²) < 4.78 is 5.60. The van der Waals surface area contributed by atoms with E-state index in [-0.39, 0.29) is 11.8 Å². The van der Waals surface area contributed by atoms with Crippen molar-refractivity contribution in [2.45, 2.75) is 0 Å². The highest BCUT2D eigenvalue weighted by atomic mass is 16.3. The summed E-state index contributed by atoms with van der Waals surface area (Å²) in [4.78, 5) is 23.6. The summed E-state index contributed by atoms with van der Waals surface area (Å²) in [6, 6.07) is 18.5. The van der Waals surface area contributed by atoms with Crippen molar-refractivity contribution < 1.29 is 14.0 Å². The van der Waals surface area contributed by atoms with E-state index >= 15 is 0 Å². The number of amides is 2. The summed E-state index contributed by atoms with van der Waals surface area (Å²) in [5.74, 6) is 0.218. The summed E-state index contributed by atoms with van der Waals surface area (Å²) in [6.45, 7) is 0.708. The van der Waals surface area contributed by atoms with Gasteiger partial charge in [-0.15, -0.1) is 0 Å². The second-order valence-corrected chi connectivity index (χ2v) is 5.43. The first-order valence-electron chi connectivity index (χ1n) is 8.00. The quantitative estimate of drug-likeness (QED) is 0.538. The van der Waals surface area contributed by atoms with E-state index in [0.29, 0.717) is 24.4 Å². The minimum atomic E-state index is -0.241. The maximum atomic E-state index is 11.8. The molecule has 0 fully saturated rings. The zero-order chi connectivity index (χ0) is 17.5. The van der Waals surface area contributed by atoms with Crippen LogP contribution < -0.4 is 10.6 Å². The lowest BCUT2D eigenvalue weighted by molar-refractivity contribution is -0.116. The van der Waals surface area contributed by atoms with Crippen molar-refractivity contribution in [3.05, 3.63) is 78.1 Å². The zero-order valence-corrected chi connectivity index (χ0v) is 13.6. The Morgan fingerprint density at radius 1 is 0.920 bits per heavy atom. The Bertz CT molecular complexity index is 864. The highest BCUT2D eigenvalue weighted by Gasteiger charge is 2.04. The molecule has 0 unspecified atom stereocenters. The molecular formula is C20H18N2O3. The van der Waals surface area contributed by atoms with Crippen LogP contribution in [0.3, 0.4) is 0 Å². The number of hydrogen-bond donors (Lipinski definition) is 2. The molecule has 5 nitrogen and oxygen atoms in total. The third-order valence-corrected chi connectivity index (χ3v) is 3.59. The Balaban J connectivity index is 1.42. The predicted molar refractivity (Wildman–Crippen MR) is 97.0 cm³/mol. The zero-order valence-electron chi connectivity index (χ0n) is 13.6. The molecule has 0 aliphatic heterocycles. The van der Waals surface area contributed by atoms with Gasteiger partial charge < -0.3 is 15.1 Å². The maximum Gasteiger partial charge on any atom is 0.251 e. The highest BCUT2D eigenvalue weighted by molar-refractivity contribution is 5.94. The molecule has 0 atom stereocenters. The van der Waals surface area contributed by atoms with Gasteiger partial charge >= 0.3 is 0 Å². The van der Waals surface area contributed by atoms with Crippen LogP contribution in [0.25, 0.3) is 17.0 Å². The van der Waals surface area contributed by atoms with Gasteiger partial charge in [-0.25, -0.2) is 0 Å². The van der Waals surface area contributed by atoms with Crippen LogP contribution >= 0.6 is 0 Å². The second kappa shape index (κ2) is 7.97. The van der Waals surface area contributed by atoms with Crippen LogP contribution in [0, 0.1) is 0 Å². The molecule has 0 aliphatic rings. The van der Waals surface area contributed by atoms with Gasteiger partial charge in [-0.1, -0.05) is 36.4 Å². The van der Waals surface area contributed by atoms with Crippen molar-refractivity contribution in [2.24, 2.45) is 0 Å².